The second-order valence-electron chi connectivity index (χ2n) is 4.86. The largest absolute Gasteiger partial charge is 0.396 e. The summed E-state index contributed by atoms with van der Waals surface area (Å²) in [5, 5.41) is 10.1. The Morgan fingerprint density at radius 1 is 1.20 bits per heavy atom. The van der Waals surface area contributed by atoms with Gasteiger partial charge in [-0.3, -0.25) is 0 Å². The highest BCUT2D eigenvalue weighted by atomic mass is 16.2. The van der Waals surface area contributed by atoms with E-state index in [1.54, 1.807) is 6.20 Å². The summed E-state index contributed by atoms with van der Waals surface area (Å²) in [7, 11) is 2.04. The molecule has 0 aliphatic rings. The Bertz CT molecular complexity index is 733. The summed E-state index contributed by atoms with van der Waals surface area (Å²) >= 11 is 0. The smallest absolute Gasteiger partial charge is 0.129 e. The zero-order valence-electron chi connectivity index (χ0n) is 11.5. The van der Waals surface area contributed by atoms with Crippen molar-refractivity contribution in [1.82, 2.24) is 14.5 Å². The van der Waals surface area contributed by atoms with Gasteiger partial charge in [0.2, 0.25) is 0 Å². The molecule has 3 rings (SSSR count). The van der Waals surface area contributed by atoms with Crippen LogP contribution in [-0.4, -0.2) is 26.2 Å². The van der Waals surface area contributed by atoms with Gasteiger partial charge in [-0.05, 0) is 18.6 Å². The van der Waals surface area contributed by atoms with Gasteiger partial charge >= 0.3 is 0 Å². The standard InChI is InChI=1S/C16H17N3O/c1-19-11-13(12-5-2-3-6-15(12)19)14-8-9-17-16(18-14)7-4-10-20/h2-3,5-6,8-9,11,20H,4,7,10H2,1H3. The summed E-state index contributed by atoms with van der Waals surface area (Å²) in [4.78, 5) is 8.87. The molecule has 0 fully saturated rings. The third-order valence-electron chi connectivity index (χ3n) is 3.44. The summed E-state index contributed by atoms with van der Waals surface area (Å²) in [6.07, 6.45) is 5.29. The van der Waals surface area contributed by atoms with Crippen molar-refractivity contribution < 1.29 is 5.11 Å². The minimum atomic E-state index is 0.169. The quantitative estimate of drug-likeness (QED) is 0.790. The van der Waals surface area contributed by atoms with E-state index in [1.165, 1.54) is 10.9 Å². The van der Waals surface area contributed by atoms with Crippen molar-refractivity contribution in [2.24, 2.45) is 7.05 Å². The molecule has 0 spiro atoms. The number of rotatable bonds is 4. The van der Waals surface area contributed by atoms with Crippen LogP contribution in [0, 0.1) is 0 Å². The Morgan fingerprint density at radius 3 is 2.90 bits per heavy atom. The molecule has 3 aromatic rings. The molecule has 0 radical (unpaired) electrons. The van der Waals surface area contributed by atoms with Gasteiger partial charge in [-0.25, -0.2) is 9.97 Å². The van der Waals surface area contributed by atoms with Gasteiger partial charge in [-0.2, -0.15) is 0 Å². The number of hydrogen-bond acceptors (Lipinski definition) is 3. The lowest BCUT2D eigenvalue weighted by atomic mass is 10.1. The second-order valence-corrected chi connectivity index (χ2v) is 4.86. The maximum atomic E-state index is 8.90. The van der Waals surface area contributed by atoms with Gasteiger partial charge in [-0.1, -0.05) is 18.2 Å². The Kier molecular flexibility index (Phi) is 3.48. The lowest BCUT2D eigenvalue weighted by molar-refractivity contribution is 0.287. The number of benzene rings is 1. The summed E-state index contributed by atoms with van der Waals surface area (Å²) in [6.45, 7) is 0.169. The highest BCUT2D eigenvalue weighted by molar-refractivity contribution is 5.95. The molecule has 0 atom stereocenters. The van der Waals surface area contributed by atoms with Gasteiger partial charge in [0.15, 0.2) is 0 Å². The fourth-order valence-electron chi connectivity index (χ4n) is 2.45. The van der Waals surface area contributed by atoms with E-state index in [-0.39, 0.29) is 6.61 Å². The molecule has 1 aromatic carbocycles. The molecule has 1 N–H and O–H groups in total. The van der Waals surface area contributed by atoms with Gasteiger partial charge < -0.3 is 9.67 Å². The number of aromatic nitrogens is 3. The van der Waals surface area contributed by atoms with Crippen LogP contribution in [0.3, 0.4) is 0 Å². The van der Waals surface area contributed by atoms with Gasteiger partial charge in [0.1, 0.15) is 5.82 Å². The van der Waals surface area contributed by atoms with Crippen molar-refractivity contribution in [2.45, 2.75) is 12.8 Å². The minimum Gasteiger partial charge on any atom is -0.396 e. The number of aryl methyl sites for hydroxylation is 2. The van der Waals surface area contributed by atoms with Crippen molar-refractivity contribution in [3.63, 3.8) is 0 Å². The molecule has 102 valence electrons. The van der Waals surface area contributed by atoms with Gasteiger partial charge in [0.25, 0.3) is 0 Å². The van der Waals surface area contributed by atoms with Crippen molar-refractivity contribution >= 4 is 10.9 Å². The van der Waals surface area contributed by atoms with Gasteiger partial charge in [-0.15, -0.1) is 0 Å². The molecule has 0 unspecified atom stereocenters. The number of hydrogen-bond donors (Lipinski definition) is 1. The Hall–Kier alpha value is -2.20. The van der Waals surface area contributed by atoms with Crippen LogP contribution in [0.5, 0.6) is 0 Å². The molecule has 0 aliphatic heterocycles. The summed E-state index contributed by atoms with van der Waals surface area (Å²) in [5.74, 6) is 0.782. The van der Waals surface area contributed by atoms with E-state index in [0.717, 1.165) is 17.1 Å². The van der Waals surface area contributed by atoms with E-state index in [1.807, 2.05) is 25.2 Å². The van der Waals surface area contributed by atoms with Crippen molar-refractivity contribution in [3.05, 3.63) is 48.5 Å². The van der Waals surface area contributed by atoms with Gasteiger partial charge in [0.05, 0.1) is 5.69 Å². The van der Waals surface area contributed by atoms with Crippen LogP contribution in [0.4, 0.5) is 0 Å². The van der Waals surface area contributed by atoms with Crippen LogP contribution in [0.2, 0.25) is 0 Å². The van der Waals surface area contributed by atoms with E-state index in [0.29, 0.717) is 12.8 Å². The zero-order chi connectivity index (χ0) is 13.9. The molecule has 4 heteroatoms. The summed E-state index contributed by atoms with van der Waals surface area (Å²) in [5.41, 5.74) is 3.25. The van der Waals surface area contributed by atoms with E-state index < -0.39 is 0 Å². The second kappa shape index (κ2) is 5.43. The first-order chi connectivity index (χ1) is 9.79. The number of aliphatic hydroxyl groups excluding tert-OH is 1. The Balaban J connectivity index is 2.07. The molecule has 0 bridgehead atoms. The highest BCUT2D eigenvalue weighted by Crippen LogP contribution is 2.28. The van der Waals surface area contributed by atoms with E-state index >= 15 is 0 Å². The SMILES string of the molecule is Cn1cc(-c2ccnc(CCCO)n2)c2ccccc21. The molecule has 0 amide bonds. The zero-order valence-corrected chi connectivity index (χ0v) is 11.5. The van der Waals surface area contributed by atoms with Crippen LogP contribution in [0.15, 0.2) is 42.7 Å². The maximum absolute atomic E-state index is 8.90. The lowest BCUT2D eigenvalue weighted by Gasteiger charge is -2.02. The van der Waals surface area contributed by atoms with E-state index in [4.69, 9.17) is 5.11 Å². The normalized spacial score (nSPS) is 11.1. The molecule has 20 heavy (non-hydrogen) atoms. The van der Waals surface area contributed by atoms with Crippen molar-refractivity contribution in [3.8, 4) is 11.3 Å². The van der Waals surface area contributed by atoms with E-state index in [9.17, 15) is 0 Å². The number of fused-ring (bicyclic) bond motifs is 1. The highest BCUT2D eigenvalue weighted by Gasteiger charge is 2.10. The molecular formula is C16H17N3O. The third kappa shape index (κ3) is 2.30. The minimum absolute atomic E-state index is 0.169. The van der Waals surface area contributed by atoms with E-state index in [2.05, 4.69) is 32.9 Å². The molecule has 2 heterocycles. The Morgan fingerprint density at radius 2 is 2.05 bits per heavy atom. The first-order valence-electron chi connectivity index (χ1n) is 6.77. The average molecular weight is 267 g/mol. The first-order valence-corrected chi connectivity index (χ1v) is 6.77. The predicted octanol–water partition coefficient (Wildman–Crippen LogP) is 2.56. The fourth-order valence-corrected chi connectivity index (χ4v) is 2.45. The molecule has 2 aromatic heterocycles. The first kappa shape index (κ1) is 12.8. The van der Waals surface area contributed by atoms with Gasteiger partial charge in [0, 0.05) is 48.9 Å². The Labute approximate surface area is 117 Å². The molecule has 0 aliphatic carbocycles. The fraction of sp³-hybridized carbons (Fsp3) is 0.250. The van der Waals surface area contributed by atoms with Crippen LogP contribution in [-0.2, 0) is 13.5 Å². The predicted molar refractivity (Wildman–Crippen MR) is 79.4 cm³/mol. The van der Waals surface area contributed by atoms with Crippen LogP contribution in [0.1, 0.15) is 12.2 Å². The lowest BCUT2D eigenvalue weighted by Crippen LogP contribution is -1.97. The van der Waals surface area contributed by atoms with Crippen LogP contribution in [0.25, 0.3) is 22.2 Å². The van der Waals surface area contributed by atoms with Crippen molar-refractivity contribution in [1.29, 1.82) is 0 Å². The van der Waals surface area contributed by atoms with Crippen LogP contribution < -0.4 is 0 Å². The third-order valence-corrected chi connectivity index (χ3v) is 3.44. The van der Waals surface area contributed by atoms with Crippen molar-refractivity contribution in [2.75, 3.05) is 6.61 Å². The van der Waals surface area contributed by atoms with Crippen LogP contribution >= 0.6 is 0 Å². The number of nitrogens with zero attached hydrogens (tertiary/aromatic N) is 3. The number of para-hydroxylation sites is 1. The maximum Gasteiger partial charge on any atom is 0.129 e. The summed E-state index contributed by atoms with van der Waals surface area (Å²) in [6, 6.07) is 10.2. The number of aliphatic hydroxyl groups is 1. The summed E-state index contributed by atoms with van der Waals surface area (Å²) < 4.78 is 2.11. The molecular weight excluding hydrogens is 250 g/mol. The molecule has 0 saturated carbocycles. The molecule has 4 nitrogen and oxygen atoms in total. The topological polar surface area (TPSA) is 50.9 Å². The molecule has 0 saturated heterocycles. The monoisotopic (exact) mass is 267 g/mol. The average Bonchev–Trinajstić information content (AvgIpc) is 2.83.